The SMILES string of the molecule is CC(NCc1cc([N+](=O)[O-])c(F)cc1F)c1nncn1C. The second-order valence-electron chi connectivity index (χ2n) is 4.55. The summed E-state index contributed by atoms with van der Waals surface area (Å²) in [6, 6.07) is 1.16. The van der Waals surface area contributed by atoms with Crippen molar-refractivity contribution in [3.8, 4) is 0 Å². The van der Waals surface area contributed by atoms with Crippen LogP contribution in [-0.4, -0.2) is 19.7 Å². The summed E-state index contributed by atoms with van der Waals surface area (Å²) in [5, 5.41) is 21.2. The third kappa shape index (κ3) is 3.19. The van der Waals surface area contributed by atoms with E-state index in [1.807, 2.05) is 0 Å². The highest BCUT2D eigenvalue weighted by molar-refractivity contribution is 5.37. The van der Waals surface area contributed by atoms with E-state index in [0.29, 0.717) is 11.9 Å². The first-order valence-corrected chi connectivity index (χ1v) is 6.09. The molecule has 1 aromatic heterocycles. The molecule has 2 aromatic rings. The van der Waals surface area contributed by atoms with Crippen molar-refractivity contribution in [1.29, 1.82) is 0 Å². The molecule has 0 aliphatic carbocycles. The van der Waals surface area contributed by atoms with E-state index >= 15 is 0 Å². The number of nitro groups is 1. The van der Waals surface area contributed by atoms with Crippen molar-refractivity contribution in [2.75, 3.05) is 0 Å². The zero-order valence-corrected chi connectivity index (χ0v) is 11.4. The first-order chi connectivity index (χ1) is 9.90. The van der Waals surface area contributed by atoms with Crippen LogP contribution in [0.2, 0.25) is 0 Å². The Bertz CT molecular complexity index is 674. The molecular formula is C12H13F2N5O2. The highest BCUT2D eigenvalue weighted by Crippen LogP contribution is 2.22. The van der Waals surface area contributed by atoms with Crippen LogP contribution in [0.5, 0.6) is 0 Å². The number of nitro benzene ring substituents is 1. The van der Waals surface area contributed by atoms with Crippen LogP contribution in [0.1, 0.15) is 24.4 Å². The molecule has 1 atom stereocenters. The van der Waals surface area contributed by atoms with E-state index in [1.54, 1.807) is 18.5 Å². The van der Waals surface area contributed by atoms with Gasteiger partial charge in [0.15, 0.2) is 0 Å². The summed E-state index contributed by atoms with van der Waals surface area (Å²) >= 11 is 0. The van der Waals surface area contributed by atoms with Gasteiger partial charge in [0.2, 0.25) is 5.82 Å². The lowest BCUT2D eigenvalue weighted by atomic mass is 10.1. The molecule has 112 valence electrons. The van der Waals surface area contributed by atoms with Gasteiger partial charge in [0.25, 0.3) is 0 Å². The van der Waals surface area contributed by atoms with Crippen molar-refractivity contribution in [2.45, 2.75) is 19.5 Å². The average Bonchev–Trinajstić information content (AvgIpc) is 2.83. The second-order valence-corrected chi connectivity index (χ2v) is 4.55. The second kappa shape index (κ2) is 5.92. The van der Waals surface area contributed by atoms with E-state index in [-0.39, 0.29) is 18.2 Å². The van der Waals surface area contributed by atoms with Gasteiger partial charge in [-0.1, -0.05) is 0 Å². The molecule has 0 fully saturated rings. The molecule has 0 saturated carbocycles. The van der Waals surface area contributed by atoms with Gasteiger partial charge in [0.1, 0.15) is 18.0 Å². The first kappa shape index (κ1) is 15.0. The number of benzene rings is 1. The van der Waals surface area contributed by atoms with Crippen molar-refractivity contribution in [3.63, 3.8) is 0 Å². The molecule has 2 rings (SSSR count). The van der Waals surface area contributed by atoms with Crippen LogP contribution in [0.4, 0.5) is 14.5 Å². The summed E-state index contributed by atoms with van der Waals surface area (Å²) < 4.78 is 28.6. The van der Waals surface area contributed by atoms with Crippen LogP contribution < -0.4 is 5.32 Å². The molecule has 0 saturated heterocycles. The van der Waals surface area contributed by atoms with E-state index in [9.17, 15) is 18.9 Å². The number of hydrogen-bond donors (Lipinski definition) is 1. The fraction of sp³-hybridized carbons (Fsp3) is 0.333. The van der Waals surface area contributed by atoms with E-state index in [2.05, 4.69) is 15.5 Å². The van der Waals surface area contributed by atoms with Gasteiger partial charge in [0, 0.05) is 31.3 Å². The van der Waals surface area contributed by atoms with Gasteiger partial charge in [0.05, 0.1) is 11.0 Å². The Balaban J connectivity index is 2.15. The van der Waals surface area contributed by atoms with Crippen molar-refractivity contribution in [1.82, 2.24) is 20.1 Å². The van der Waals surface area contributed by atoms with Crippen molar-refractivity contribution in [3.05, 3.63) is 51.6 Å². The highest BCUT2D eigenvalue weighted by Gasteiger charge is 2.19. The van der Waals surface area contributed by atoms with Crippen molar-refractivity contribution < 1.29 is 13.7 Å². The topological polar surface area (TPSA) is 85.9 Å². The Morgan fingerprint density at radius 1 is 1.43 bits per heavy atom. The van der Waals surface area contributed by atoms with Crippen LogP contribution in [-0.2, 0) is 13.6 Å². The lowest BCUT2D eigenvalue weighted by Gasteiger charge is -2.13. The van der Waals surface area contributed by atoms with Crippen LogP contribution in [0.15, 0.2) is 18.5 Å². The molecular weight excluding hydrogens is 284 g/mol. The summed E-state index contributed by atoms with van der Waals surface area (Å²) in [7, 11) is 1.76. The molecule has 7 nitrogen and oxygen atoms in total. The molecule has 1 N–H and O–H groups in total. The predicted octanol–water partition coefficient (Wildman–Crippen LogP) is 1.85. The maximum atomic E-state index is 13.6. The molecule has 1 aromatic carbocycles. The average molecular weight is 297 g/mol. The van der Waals surface area contributed by atoms with Gasteiger partial charge in [-0.05, 0) is 6.92 Å². The Kier molecular flexibility index (Phi) is 4.22. The third-order valence-corrected chi connectivity index (χ3v) is 3.04. The van der Waals surface area contributed by atoms with Crippen LogP contribution >= 0.6 is 0 Å². The summed E-state index contributed by atoms with van der Waals surface area (Å²) in [5.41, 5.74) is -0.739. The molecule has 0 amide bonds. The summed E-state index contributed by atoms with van der Waals surface area (Å²) in [6.45, 7) is 1.79. The van der Waals surface area contributed by atoms with Gasteiger partial charge >= 0.3 is 5.69 Å². The number of aryl methyl sites for hydroxylation is 1. The summed E-state index contributed by atoms with van der Waals surface area (Å²) in [5.74, 6) is -1.40. The quantitative estimate of drug-likeness (QED) is 0.672. The molecule has 0 aliphatic rings. The minimum Gasteiger partial charge on any atom is -0.319 e. The molecule has 21 heavy (non-hydrogen) atoms. The molecule has 0 aliphatic heterocycles. The van der Waals surface area contributed by atoms with Gasteiger partial charge in [-0.25, -0.2) is 4.39 Å². The number of rotatable bonds is 5. The standard InChI is InChI=1S/C12H13F2N5O2/c1-7(12-17-16-6-18(12)2)15-5-8-3-11(19(20)21)10(14)4-9(8)13/h3-4,6-7,15H,5H2,1-2H3. The smallest absolute Gasteiger partial charge is 0.305 e. The Morgan fingerprint density at radius 2 is 2.14 bits per heavy atom. The number of hydrogen-bond acceptors (Lipinski definition) is 5. The normalized spacial score (nSPS) is 12.4. The molecule has 0 radical (unpaired) electrons. The summed E-state index contributed by atoms with van der Waals surface area (Å²) in [6.07, 6.45) is 1.52. The molecule has 0 spiro atoms. The Labute approximate surface area is 118 Å². The molecule has 1 unspecified atom stereocenters. The number of halogens is 2. The maximum absolute atomic E-state index is 13.6. The predicted molar refractivity (Wildman–Crippen MR) is 69.3 cm³/mol. The van der Waals surface area contributed by atoms with Crippen molar-refractivity contribution >= 4 is 5.69 Å². The van der Waals surface area contributed by atoms with Crippen LogP contribution in [0, 0.1) is 21.7 Å². The van der Waals surface area contributed by atoms with Gasteiger partial charge in [-0.15, -0.1) is 10.2 Å². The minimum atomic E-state index is -1.19. The summed E-state index contributed by atoms with van der Waals surface area (Å²) in [4.78, 5) is 9.77. The lowest BCUT2D eigenvalue weighted by Crippen LogP contribution is -2.21. The van der Waals surface area contributed by atoms with Gasteiger partial charge in [-0.3, -0.25) is 10.1 Å². The third-order valence-electron chi connectivity index (χ3n) is 3.04. The zero-order chi connectivity index (χ0) is 15.6. The van der Waals surface area contributed by atoms with Gasteiger partial charge < -0.3 is 9.88 Å². The van der Waals surface area contributed by atoms with E-state index < -0.39 is 22.2 Å². The lowest BCUT2D eigenvalue weighted by molar-refractivity contribution is -0.387. The highest BCUT2D eigenvalue weighted by atomic mass is 19.1. The number of nitrogens with zero attached hydrogens (tertiary/aromatic N) is 4. The maximum Gasteiger partial charge on any atom is 0.305 e. The van der Waals surface area contributed by atoms with Crippen LogP contribution in [0.25, 0.3) is 0 Å². The fourth-order valence-electron chi connectivity index (χ4n) is 1.89. The Morgan fingerprint density at radius 3 is 2.71 bits per heavy atom. The first-order valence-electron chi connectivity index (χ1n) is 6.09. The monoisotopic (exact) mass is 297 g/mol. The Hall–Kier alpha value is -2.42. The van der Waals surface area contributed by atoms with Crippen molar-refractivity contribution in [2.24, 2.45) is 7.05 Å². The van der Waals surface area contributed by atoms with Crippen LogP contribution in [0.3, 0.4) is 0 Å². The molecule has 0 bridgehead atoms. The number of nitrogens with one attached hydrogen (secondary N) is 1. The minimum absolute atomic E-state index is 0.000972. The zero-order valence-electron chi connectivity index (χ0n) is 11.4. The van der Waals surface area contributed by atoms with E-state index in [0.717, 1.165) is 6.07 Å². The molecule has 1 heterocycles. The van der Waals surface area contributed by atoms with E-state index in [1.165, 1.54) is 6.33 Å². The van der Waals surface area contributed by atoms with Gasteiger partial charge in [-0.2, -0.15) is 4.39 Å². The largest absolute Gasteiger partial charge is 0.319 e. The van der Waals surface area contributed by atoms with E-state index in [4.69, 9.17) is 0 Å². The number of aromatic nitrogens is 3. The fourth-order valence-corrected chi connectivity index (χ4v) is 1.89. The molecule has 9 heteroatoms.